The number of hydrogen-bond acceptors (Lipinski definition) is 6. The molecule has 0 fully saturated rings. The Bertz CT molecular complexity index is 4240. The molecule has 0 saturated carbocycles. The number of para-hydroxylation sites is 3. The minimum absolute atomic E-state index is 0.00156. The summed E-state index contributed by atoms with van der Waals surface area (Å²) in [5.74, 6) is 3.56. The van der Waals surface area contributed by atoms with Gasteiger partial charge in [0, 0.05) is 69.9 Å². The molecule has 5 heterocycles. The molecule has 15 rings (SSSR count). The van der Waals surface area contributed by atoms with Gasteiger partial charge in [0.15, 0.2) is 0 Å². The average molecular weight is 1140 g/mol. The monoisotopic (exact) mass is 1130 g/mol. The first-order chi connectivity index (χ1) is 41.7. The molecule has 430 valence electrons. The zero-order valence-corrected chi connectivity index (χ0v) is 52.5. The van der Waals surface area contributed by atoms with E-state index in [1.54, 1.807) is 0 Å². The molecule has 0 saturated heterocycles. The van der Waals surface area contributed by atoms with Crippen molar-refractivity contribution in [2.75, 3.05) is 26.1 Å². The van der Waals surface area contributed by atoms with Crippen LogP contribution in [-0.2, 0) is 28.1 Å². The molecular weight excluding hydrogens is 1060 g/mol. The minimum Gasteiger partial charge on any atom is -0.458 e. The van der Waals surface area contributed by atoms with Gasteiger partial charge in [-0.15, -0.1) is 0 Å². The molecule has 87 heavy (non-hydrogen) atoms. The Kier molecular flexibility index (Phi) is 12.5. The van der Waals surface area contributed by atoms with Crippen LogP contribution < -0.4 is 61.9 Å². The second-order valence-electron chi connectivity index (χ2n) is 28.9. The summed E-state index contributed by atoms with van der Waals surface area (Å²) in [4.78, 5) is 10.2. The first-order valence-corrected chi connectivity index (χ1v) is 31.4. The third-order valence-electron chi connectivity index (χ3n) is 19.1. The molecule has 8 heteroatoms. The Balaban J connectivity index is 0.977. The lowest BCUT2D eigenvalue weighted by atomic mass is 9.30. The summed E-state index contributed by atoms with van der Waals surface area (Å²) < 4.78 is 14.6. The van der Waals surface area contributed by atoms with E-state index in [4.69, 9.17) is 9.47 Å². The molecular formula is C79H76B2N4O2. The van der Waals surface area contributed by atoms with E-state index in [1.165, 1.54) is 77.7 Å². The van der Waals surface area contributed by atoms with Crippen molar-refractivity contribution in [3.8, 4) is 23.0 Å². The highest BCUT2D eigenvalue weighted by Gasteiger charge is 2.49. The lowest BCUT2D eigenvalue weighted by Gasteiger charge is -2.48. The van der Waals surface area contributed by atoms with Crippen LogP contribution in [0.1, 0.15) is 117 Å². The Hall–Kier alpha value is -8.87. The maximum Gasteiger partial charge on any atom is 0.256 e. The standard InChI is InChI=1S/C79H76B2N4O2/c1-76(2,3)50-28-36-55(37-29-50)83(56-38-30-51(31-39-56)77(4,5)6)59-45-66-72-70(47-59)86-68-26-18-16-24-62(68)80(72)64-49-65-75(61-23-20-44-82(66)74(61)64)85(54-21-14-13-15-22-54)67-46-60(48-71-73(67)81(65)63-25-17-19-27-69(63)87-71)84(57-40-32-52(33-41-57)78(7,8)9)58-42-34-53(35-43-58)79(10,11)12/h13-19,21-22,24-43,45-49H,20,23,44H2,1-12H3. The van der Waals surface area contributed by atoms with Crippen molar-refractivity contribution in [2.45, 2.75) is 118 Å². The number of hydrogen-bond donors (Lipinski definition) is 0. The number of benzene rings is 10. The average Bonchev–Trinajstić information content (AvgIpc) is 0.702. The van der Waals surface area contributed by atoms with Crippen LogP contribution in [0.2, 0.25) is 0 Å². The van der Waals surface area contributed by atoms with Gasteiger partial charge < -0.3 is 29.1 Å². The highest BCUT2D eigenvalue weighted by Crippen LogP contribution is 2.52. The third-order valence-corrected chi connectivity index (χ3v) is 19.1. The minimum atomic E-state index is -0.118. The Morgan fingerprint density at radius 2 is 0.736 bits per heavy atom. The molecule has 6 nitrogen and oxygen atoms in total. The second-order valence-corrected chi connectivity index (χ2v) is 28.9. The third kappa shape index (κ3) is 9.07. The molecule has 0 amide bonds. The van der Waals surface area contributed by atoms with Gasteiger partial charge in [-0.05, 0) is 180 Å². The van der Waals surface area contributed by atoms with E-state index < -0.39 is 0 Å². The van der Waals surface area contributed by atoms with Crippen LogP contribution in [0.25, 0.3) is 0 Å². The van der Waals surface area contributed by atoms with Crippen LogP contribution in [0, 0.1) is 0 Å². The molecule has 0 aromatic heterocycles. The van der Waals surface area contributed by atoms with Gasteiger partial charge in [0.05, 0.1) is 11.4 Å². The van der Waals surface area contributed by atoms with Crippen LogP contribution in [0.15, 0.2) is 206 Å². The van der Waals surface area contributed by atoms with Crippen LogP contribution in [-0.4, -0.2) is 20.0 Å². The van der Waals surface area contributed by atoms with Crippen molar-refractivity contribution in [1.29, 1.82) is 0 Å². The summed E-state index contributed by atoms with van der Waals surface area (Å²) in [6, 6.07) is 77.7. The van der Waals surface area contributed by atoms with Crippen LogP contribution in [0.5, 0.6) is 23.0 Å². The Labute approximate surface area is 516 Å². The summed E-state index contributed by atoms with van der Waals surface area (Å²) in [7, 11) is 0. The molecule has 0 bridgehead atoms. The van der Waals surface area contributed by atoms with E-state index in [-0.39, 0.29) is 35.1 Å². The summed E-state index contributed by atoms with van der Waals surface area (Å²) in [6.45, 7) is 28.1. The molecule has 5 aliphatic rings. The predicted octanol–water partition coefficient (Wildman–Crippen LogP) is 17.2. The first-order valence-electron chi connectivity index (χ1n) is 31.4. The van der Waals surface area contributed by atoms with Crippen LogP contribution >= 0.6 is 0 Å². The summed E-state index contributed by atoms with van der Waals surface area (Å²) in [6.07, 6.45) is 1.90. The van der Waals surface area contributed by atoms with Gasteiger partial charge in [-0.3, -0.25) is 0 Å². The first kappa shape index (κ1) is 54.8. The van der Waals surface area contributed by atoms with Gasteiger partial charge in [0.1, 0.15) is 23.0 Å². The van der Waals surface area contributed by atoms with E-state index >= 15 is 0 Å². The number of ether oxygens (including phenoxy) is 2. The van der Waals surface area contributed by atoms with Gasteiger partial charge in [-0.25, -0.2) is 0 Å². The van der Waals surface area contributed by atoms with Gasteiger partial charge in [0.2, 0.25) is 0 Å². The molecule has 0 spiro atoms. The quantitative estimate of drug-likeness (QED) is 0.148. The number of anilines is 11. The Morgan fingerprint density at radius 1 is 0.356 bits per heavy atom. The zero-order chi connectivity index (χ0) is 60.1. The molecule has 10 aromatic rings. The van der Waals surface area contributed by atoms with Gasteiger partial charge >= 0.3 is 0 Å². The summed E-state index contributed by atoms with van der Waals surface area (Å²) in [5, 5.41) is 0. The van der Waals surface area contributed by atoms with Crippen molar-refractivity contribution >= 4 is 109 Å². The van der Waals surface area contributed by atoms with E-state index in [2.05, 4.69) is 309 Å². The zero-order valence-electron chi connectivity index (χ0n) is 52.5. The molecule has 5 aliphatic heterocycles. The van der Waals surface area contributed by atoms with Crippen molar-refractivity contribution in [3.63, 3.8) is 0 Å². The molecule has 0 radical (unpaired) electrons. The molecule has 0 aliphatic carbocycles. The topological polar surface area (TPSA) is 31.4 Å². The van der Waals surface area contributed by atoms with E-state index in [0.717, 1.165) is 87.9 Å². The molecule has 0 N–H and O–H groups in total. The SMILES string of the molecule is CC(C)(C)c1ccc(N(c2ccc(C(C)(C)C)cc2)c2cc3c4c(c2)N2CCCc5c2c(cc2c5N(c5ccccc5)c5cc(N(c6ccc(C(C)(C)C)cc6)c6ccc(C(C)(C)C)cc6)cc6c5B2c2ccccc2O6)B4c2ccccc2O3)cc1. The van der Waals surface area contributed by atoms with Gasteiger partial charge in [0.25, 0.3) is 13.4 Å². The van der Waals surface area contributed by atoms with E-state index in [9.17, 15) is 0 Å². The fraction of sp³-hybridized carbons (Fsp3) is 0.241. The highest BCUT2D eigenvalue weighted by atomic mass is 16.5. The van der Waals surface area contributed by atoms with Crippen LogP contribution in [0.4, 0.5) is 62.6 Å². The number of nitrogens with zero attached hydrogens (tertiary/aromatic N) is 4. The molecule has 0 unspecified atom stereocenters. The summed E-state index contributed by atoms with van der Waals surface area (Å²) >= 11 is 0. The number of fused-ring (bicyclic) bond motifs is 9. The van der Waals surface area contributed by atoms with Gasteiger partial charge in [-0.2, -0.15) is 0 Å². The van der Waals surface area contributed by atoms with E-state index in [1.807, 2.05) is 0 Å². The van der Waals surface area contributed by atoms with E-state index in [0.29, 0.717) is 0 Å². The molecule has 10 aromatic carbocycles. The Morgan fingerprint density at radius 3 is 1.16 bits per heavy atom. The fourth-order valence-electron chi connectivity index (χ4n) is 14.5. The summed E-state index contributed by atoms with van der Waals surface area (Å²) in [5.41, 5.74) is 26.5. The fourth-order valence-corrected chi connectivity index (χ4v) is 14.5. The predicted molar refractivity (Wildman–Crippen MR) is 369 cm³/mol. The van der Waals surface area contributed by atoms with Gasteiger partial charge in [-0.1, -0.05) is 192 Å². The smallest absolute Gasteiger partial charge is 0.256 e. The lowest BCUT2D eigenvalue weighted by molar-refractivity contribution is 0.487. The normalized spacial score (nSPS) is 14.4. The maximum absolute atomic E-state index is 7.32. The lowest BCUT2D eigenvalue weighted by Crippen LogP contribution is -2.65. The largest absolute Gasteiger partial charge is 0.458 e. The second kappa shape index (κ2) is 19.8. The van der Waals surface area contributed by atoms with Crippen molar-refractivity contribution in [3.05, 3.63) is 234 Å². The highest BCUT2D eigenvalue weighted by molar-refractivity contribution is 7.02. The van der Waals surface area contributed by atoms with Crippen molar-refractivity contribution < 1.29 is 9.47 Å². The maximum atomic E-state index is 7.32. The number of rotatable bonds is 7. The van der Waals surface area contributed by atoms with Crippen LogP contribution in [0.3, 0.4) is 0 Å². The van der Waals surface area contributed by atoms with Crippen molar-refractivity contribution in [2.24, 2.45) is 0 Å². The van der Waals surface area contributed by atoms with Crippen molar-refractivity contribution in [1.82, 2.24) is 0 Å². The molecule has 0 atom stereocenters.